The summed E-state index contributed by atoms with van der Waals surface area (Å²) in [6.45, 7) is 3.52. The van der Waals surface area contributed by atoms with Gasteiger partial charge in [0.15, 0.2) is 0 Å². The number of nitrogens with zero attached hydrogens (tertiary/aromatic N) is 3. The Morgan fingerprint density at radius 3 is 2.58 bits per heavy atom. The number of nitrogens with one attached hydrogen (secondary N) is 1. The maximum absolute atomic E-state index is 12.6. The summed E-state index contributed by atoms with van der Waals surface area (Å²) in [6, 6.07) is 20.3. The second-order valence-electron chi connectivity index (χ2n) is 8.68. The van der Waals surface area contributed by atoms with Gasteiger partial charge in [0, 0.05) is 26.3 Å². The summed E-state index contributed by atoms with van der Waals surface area (Å²) in [5, 5.41) is 3.53. The van der Waals surface area contributed by atoms with E-state index in [0.29, 0.717) is 12.1 Å². The molecule has 1 heterocycles. The van der Waals surface area contributed by atoms with Crippen LogP contribution >= 0.6 is 0 Å². The summed E-state index contributed by atoms with van der Waals surface area (Å²) in [5.74, 6) is 0.898. The van der Waals surface area contributed by atoms with E-state index in [2.05, 4.69) is 59.3 Å². The molecule has 0 amide bonds. The molecule has 4 aromatic rings. The molecule has 0 spiro atoms. The van der Waals surface area contributed by atoms with Crippen molar-refractivity contribution in [3.63, 3.8) is 0 Å². The number of aromatic nitrogens is 2. The average Bonchev–Trinajstić information content (AvgIpc) is 3.35. The van der Waals surface area contributed by atoms with E-state index in [-0.39, 0.29) is 4.90 Å². The van der Waals surface area contributed by atoms with Crippen LogP contribution in [0, 0.1) is 0 Å². The first-order valence-corrected chi connectivity index (χ1v) is 12.7. The molecule has 1 aliphatic carbocycles. The minimum absolute atomic E-state index is 0.263. The first-order valence-electron chi connectivity index (χ1n) is 11.2. The number of anilines is 1. The van der Waals surface area contributed by atoms with Gasteiger partial charge in [-0.1, -0.05) is 37.3 Å². The van der Waals surface area contributed by atoms with Crippen molar-refractivity contribution >= 4 is 26.7 Å². The normalized spacial score (nSPS) is 12.8. The van der Waals surface area contributed by atoms with Crippen molar-refractivity contribution in [1.82, 2.24) is 13.9 Å². The summed E-state index contributed by atoms with van der Waals surface area (Å²) >= 11 is 0. The van der Waals surface area contributed by atoms with Crippen LogP contribution < -0.4 is 5.32 Å². The third-order valence-corrected chi connectivity index (χ3v) is 8.08. The van der Waals surface area contributed by atoms with E-state index in [4.69, 9.17) is 4.98 Å². The summed E-state index contributed by atoms with van der Waals surface area (Å²) in [5.41, 5.74) is 8.06. The molecule has 0 saturated heterocycles. The topological polar surface area (TPSA) is 67.2 Å². The van der Waals surface area contributed by atoms with Crippen LogP contribution in [0.15, 0.2) is 65.6 Å². The third kappa shape index (κ3) is 3.81. The van der Waals surface area contributed by atoms with E-state index in [1.165, 1.54) is 26.6 Å². The Morgan fingerprint density at radius 2 is 1.79 bits per heavy atom. The van der Waals surface area contributed by atoms with E-state index in [1.807, 2.05) is 6.07 Å². The van der Waals surface area contributed by atoms with E-state index in [0.717, 1.165) is 36.4 Å². The predicted octanol–water partition coefficient (Wildman–Crippen LogP) is 4.88. The molecule has 1 N–H and O–H groups in total. The van der Waals surface area contributed by atoms with Gasteiger partial charge in [-0.15, -0.1) is 0 Å². The van der Waals surface area contributed by atoms with Gasteiger partial charge >= 0.3 is 0 Å². The highest BCUT2D eigenvalue weighted by Gasteiger charge is 2.20. The highest BCUT2D eigenvalue weighted by Crippen LogP contribution is 2.37. The zero-order valence-electron chi connectivity index (χ0n) is 19.2. The van der Waals surface area contributed by atoms with Crippen LogP contribution in [0.1, 0.15) is 30.3 Å². The van der Waals surface area contributed by atoms with Crippen LogP contribution in [-0.4, -0.2) is 36.4 Å². The van der Waals surface area contributed by atoms with E-state index >= 15 is 0 Å². The first kappa shape index (κ1) is 21.7. The molecule has 0 aliphatic heterocycles. The van der Waals surface area contributed by atoms with Gasteiger partial charge in [0.25, 0.3) is 0 Å². The van der Waals surface area contributed by atoms with Crippen LogP contribution in [0.2, 0.25) is 0 Å². The SMILES string of the molecule is CCCn1c(CNc2ccc3c(c2)Cc2ccccc2-3)nc2cc(S(=O)(=O)N(C)C)ccc21. The molecule has 0 saturated carbocycles. The van der Waals surface area contributed by atoms with Crippen molar-refractivity contribution in [1.29, 1.82) is 0 Å². The molecule has 5 rings (SSSR count). The molecule has 1 aromatic heterocycles. The Hall–Kier alpha value is -3.16. The van der Waals surface area contributed by atoms with Crippen molar-refractivity contribution in [2.24, 2.45) is 0 Å². The number of rotatable bonds is 7. The van der Waals surface area contributed by atoms with E-state index in [9.17, 15) is 8.42 Å². The fraction of sp³-hybridized carbons (Fsp3) is 0.269. The Labute approximate surface area is 194 Å². The maximum Gasteiger partial charge on any atom is 0.242 e. The highest BCUT2D eigenvalue weighted by molar-refractivity contribution is 7.89. The van der Waals surface area contributed by atoms with Crippen molar-refractivity contribution in [2.75, 3.05) is 19.4 Å². The quantitative estimate of drug-likeness (QED) is 0.376. The number of fused-ring (bicyclic) bond motifs is 4. The second kappa shape index (κ2) is 8.32. The number of imidazole rings is 1. The monoisotopic (exact) mass is 460 g/mol. The zero-order valence-corrected chi connectivity index (χ0v) is 20.0. The van der Waals surface area contributed by atoms with Gasteiger partial charge in [-0.25, -0.2) is 17.7 Å². The Bertz CT molecular complexity index is 1450. The van der Waals surface area contributed by atoms with Crippen molar-refractivity contribution in [3.05, 3.63) is 77.6 Å². The number of sulfonamides is 1. The van der Waals surface area contributed by atoms with E-state index in [1.54, 1.807) is 26.2 Å². The largest absolute Gasteiger partial charge is 0.378 e. The van der Waals surface area contributed by atoms with Gasteiger partial charge in [-0.3, -0.25) is 0 Å². The van der Waals surface area contributed by atoms with Crippen molar-refractivity contribution < 1.29 is 8.42 Å². The van der Waals surface area contributed by atoms with Crippen LogP contribution in [0.25, 0.3) is 22.2 Å². The smallest absolute Gasteiger partial charge is 0.242 e. The summed E-state index contributed by atoms with van der Waals surface area (Å²) in [7, 11) is -0.417. The third-order valence-electron chi connectivity index (χ3n) is 6.27. The number of benzene rings is 3. The second-order valence-corrected chi connectivity index (χ2v) is 10.8. The lowest BCUT2D eigenvalue weighted by Gasteiger charge is -2.12. The molecule has 0 bridgehead atoms. The van der Waals surface area contributed by atoms with Crippen LogP contribution in [0.5, 0.6) is 0 Å². The Morgan fingerprint density at radius 1 is 1.00 bits per heavy atom. The van der Waals surface area contributed by atoms with Gasteiger partial charge in [0.1, 0.15) is 5.82 Å². The molecule has 6 nitrogen and oxygen atoms in total. The van der Waals surface area contributed by atoms with Gasteiger partial charge in [-0.2, -0.15) is 0 Å². The number of hydrogen-bond acceptors (Lipinski definition) is 4. The number of aryl methyl sites for hydroxylation is 1. The minimum Gasteiger partial charge on any atom is -0.378 e. The fourth-order valence-electron chi connectivity index (χ4n) is 4.58. The molecule has 33 heavy (non-hydrogen) atoms. The zero-order chi connectivity index (χ0) is 23.2. The van der Waals surface area contributed by atoms with Crippen LogP contribution in [0.3, 0.4) is 0 Å². The first-order chi connectivity index (χ1) is 15.9. The maximum atomic E-state index is 12.6. The Balaban J connectivity index is 1.43. The minimum atomic E-state index is -3.50. The van der Waals surface area contributed by atoms with Gasteiger partial charge in [-0.05, 0) is 65.4 Å². The highest BCUT2D eigenvalue weighted by atomic mass is 32.2. The summed E-state index contributed by atoms with van der Waals surface area (Å²) < 4.78 is 28.5. The van der Waals surface area contributed by atoms with Crippen LogP contribution in [0.4, 0.5) is 5.69 Å². The standard InChI is InChI=1S/C26H28N4O2S/c1-4-13-30-25-12-10-21(33(31,32)29(2)3)16-24(25)28-26(30)17-27-20-9-11-23-19(15-20)14-18-7-5-6-8-22(18)23/h5-12,15-16,27H,4,13-14,17H2,1-3H3. The summed E-state index contributed by atoms with van der Waals surface area (Å²) in [6.07, 6.45) is 1.92. The molecule has 1 aliphatic rings. The van der Waals surface area contributed by atoms with Crippen molar-refractivity contribution in [2.45, 2.75) is 37.8 Å². The average molecular weight is 461 g/mol. The van der Waals surface area contributed by atoms with E-state index < -0.39 is 10.0 Å². The molecule has 0 unspecified atom stereocenters. The lowest BCUT2D eigenvalue weighted by Crippen LogP contribution is -2.22. The lowest BCUT2D eigenvalue weighted by molar-refractivity contribution is 0.521. The molecule has 0 atom stereocenters. The van der Waals surface area contributed by atoms with Gasteiger partial charge in [0.2, 0.25) is 10.0 Å². The van der Waals surface area contributed by atoms with Gasteiger partial charge < -0.3 is 9.88 Å². The molecular formula is C26H28N4O2S. The molecule has 7 heteroatoms. The fourth-order valence-corrected chi connectivity index (χ4v) is 5.50. The number of hydrogen-bond donors (Lipinski definition) is 1. The predicted molar refractivity (Wildman–Crippen MR) is 133 cm³/mol. The summed E-state index contributed by atoms with van der Waals surface area (Å²) in [4.78, 5) is 5.07. The molecular weight excluding hydrogens is 432 g/mol. The van der Waals surface area contributed by atoms with Crippen LogP contribution in [-0.2, 0) is 29.5 Å². The molecule has 0 radical (unpaired) electrons. The molecule has 170 valence electrons. The molecule has 0 fully saturated rings. The lowest BCUT2D eigenvalue weighted by atomic mass is 10.1. The van der Waals surface area contributed by atoms with Crippen molar-refractivity contribution in [3.8, 4) is 11.1 Å². The molecule has 3 aromatic carbocycles. The Kier molecular flexibility index (Phi) is 5.46. The van der Waals surface area contributed by atoms with Gasteiger partial charge in [0.05, 0.1) is 22.5 Å².